The van der Waals surface area contributed by atoms with Crippen LogP contribution in [0.25, 0.3) is 0 Å². The van der Waals surface area contributed by atoms with Crippen molar-refractivity contribution in [3.8, 4) is 0 Å². The summed E-state index contributed by atoms with van der Waals surface area (Å²) < 4.78 is 0. The molecule has 3 N–H and O–H groups in total. The van der Waals surface area contributed by atoms with Crippen molar-refractivity contribution in [3.05, 3.63) is 0 Å². The van der Waals surface area contributed by atoms with E-state index in [4.69, 9.17) is 0 Å². The van der Waals surface area contributed by atoms with E-state index >= 15 is 0 Å². The lowest BCUT2D eigenvalue weighted by atomic mass is 9.43. The molecule has 164 valence electrons. The molecule has 0 aromatic rings. The van der Waals surface area contributed by atoms with E-state index in [2.05, 4.69) is 20.8 Å². The second-order valence-electron chi connectivity index (χ2n) is 12.2. The number of hydrogen-bond acceptors (Lipinski definition) is 3. The number of aliphatic carboxylic acids is 1. The van der Waals surface area contributed by atoms with Gasteiger partial charge in [-0.3, -0.25) is 4.79 Å². The van der Waals surface area contributed by atoms with Gasteiger partial charge in [-0.25, -0.2) is 0 Å². The maximum absolute atomic E-state index is 11.4. The standard InChI is InChI=1S/C25H40O4/c1-13(16-12-17(16)23(28)29)18-4-5-19-22-20(7-9-25(18,19)3)24(2)8-6-15(26)10-14(24)11-21(22)27/h13-22,26-27H,4-12H2,1-3H3,(H,28,29)/t13-,14?,15?,16?,17?,18-,19+,20+,21?,22+,24+,25-/m1/s1. The first-order valence-electron chi connectivity index (χ1n) is 12.3. The first kappa shape index (κ1) is 20.3. The van der Waals surface area contributed by atoms with Gasteiger partial charge in [-0.05, 0) is 110 Å². The molecule has 0 heterocycles. The number of carboxylic acids is 1. The van der Waals surface area contributed by atoms with Gasteiger partial charge in [-0.2, -0.15) is 0 Å². The van der Waals surface area contributed by atoms with Crippen LogP contribution in [-0.2, 0) is 4.79 Å². The number of aliphatic hydroxyl groups is 2. The molecular formula is C25H40O4. The summed E-state index contributed by atoms with van der Waals surface area (Å²) in [6.07, 6.45) is 9.08. The van der Waals surface area contributed by atoms with Gasteiger partial charge in [0.1, 0.15) is 0 Å². The first-order valence-corrected chi connectivity index (χ1v) is 12.3. The number of carbonyl (C=O) groups is 1. The monoisotopic (exact) mass is 404 g/mol. The number of carboxylic acid groups (broad SMARTS) is 1. The minimum Gasteiger partial charge on any atom is -0.481 e. The van der Waals surface area contributed by atoms with Gasteiger partial charge in [0.15, 0.2) is 0 Å². The minimum absolute atomic E-state index is 0.113. The predicted octanol–water partition coefficient (Wildman–Crippen LogP) is 4.33. The maximum Gasteiger partial charge on any atom is 0.306 e. The van der Waals surface area contributed by atoms with Crippen LogP contribution in [0.2, 0.25) is 0 Å². The van der Waals surface area contributed by atoms with Crippen LogP contribution in [0.15, 0.2) is 0 Å². The number of rotatable bonds is 3. The first-order chi connectivity index (χ1) is 13.7. The topological polar surface area (TPSA) is 77.8 Å². The Morgan fingerprint density at radius 1 is 0.931 bits per heavy atom. The van der Waals surface area contributed by atoms with Gasteiger partial charge in [0.05, 0.1) is 18.1 Å². The Labute approximate surface area is 175 Å². The van der Waals surface area contributed by atoms with Crippen LogP contribution in [0.1, 0.15) is 78.6 Å². The average molecular weight is 405 g/mol. The van der Waals surface area contributed by atoms with Crippen molar-refractivity contribution in [1.82, 2.24) is 0 Å². The molecule has 4 nitrogen and oxygen atoms in total. The Morgan fingerprint density at radius 2 is 1.62 bits per heavy atom. The summed E-state index contributed by atoms with van der Waals surface area (Å²) in [5.41, 5.74) is 0.531. The van der Waals surface area contributed by atoms with Crippen LogP contribution in [0.3, 0.4) is 0 Å². The van der Waals surface area contributed by atoms with E-state index in [-0.39, 0.29) is 29.0 Å². The molecule has 4 heteroatoms. The minimum atomic E-state index is -0.605. The summed E-state index contributed by atoms with van der Waals surface area (Å²) in [6.45, 7) is 7.26. The van der Waals surface area contributed by atoms with Gasteiger partial charge in [-0.15, -0.1) is 0 Å². The zero-order valence-electron chi connectivity index (χ0n) is 18.4. The van der Waals surface area contributed by atoms with Crippen molar-refractivity contribution in [1.29, 1.82) is 0 Å². The fourth-order valence-electron chi connectivity index (χ4n) is 9.48. The summed E-state index contributed by atoms with van der Waals surface area (Å²) in [5, 5.41) is 30.9. The normalized spacial score (nSPS) is 57.3. The lowest BCUT2D eigenvalue weighted by molar-refractivity contribution is -0.174. The van der Waals surface area contributed by atoms with Gasteiger partial charge in [-0.1, -0.05) is 20.8 Å². The van der Waals surface area contributed by atoms with Crippen molar-refractivity contribution in [2.75, 3.05) is 0 Å². The maximum atomic E-state index is 11.4. The summed E-state index contributed by atoms with van der Waals surface area (Å²) in [4.78, 5) is 11.4. The number of hydrogen-bond donors (Lipinski definition) is 3. The van der Waals surface area contributed by atoms with Crippen LogP contribution in [0.5, 0.6) is 0 Å². The SMILES string of the molecule is C[C@H](C1CC1C(=O)O)[C@H]1CC[C@H]2[C@@H]3C(O)CC4CC(O)CC[C@]4(C)[C@H]3CC[C@]12C. The molecule has 0 saturated heterocycles. The van der Waals surface area contributed by atoms with Crippen molar-refractivity contribution < 1.29 is 20.1 Å². The highest BCUT2D eigenvalue weighted by Gasteiger charge is 2.64. The van der Waals surface area contributed by atoms with Crippen LogP contribution in [0, 0.1) is 58.2 Å². The van der Waals surface area contributed by atoms with Gasteiger partial charge in [0.25, 0.3) is 0 Å². The molecule has 0 amide bonds. The van der Waals surface area contributed by atoms with E-state index in [0.29, 0.717) is 41.4 Å². The fourth-order valence-corrected chi connectivity index (χ4v) is 9.48. The Morgan fingerprint density at radius 3 is 2.31 bits per heavy atom. The highest BCUT2D eigenvalue weighted by molar-refractivity contribution is 5.73. The van der Waals surface area contributed by atoms with Crippen LogP contribution in [0.4, 0.5) is 0 Å². The lowest BCUT2D eigenvalue weighted by Crippen LogP contribution is -2.58. The quantitative estimate of drug-likeness (QED) is 0.654. The molecule has 0 aromatic carbocycles. The Hall–Kier alpha value is -0.610. The molecule has 5 aliphatic rings. The summed E-state index contributed by atoms with van der Waals surface area (Å²) in [5.74, 6) is 2.76. The molecule has 0 spiro atoms. The molecule has 5 aliphatic carbocycles. The Kier molecular flexibility index (Phi) is 4.68. The van der Waals surface area contributed by atoms with Crippen LogP contribution >= 0.6 is 0 Å². The molecule has 0 radical (unpaired) electrons. The third kappa shape index (κ3) is 2.87. The smallest absolute Gasteiger partial charge is 0.306 e. The van der Waals surface area contributed by atoms with Gasteiger partial charge >= 0.3 is 5.97 Å². The van der Waals surface area contributed by atoms with Crippen LogP contribution in [-0.4, -0.2) is 33.5 Å². The summed E-state index contributed by atoms with van der Waals surface area (Å²) in [6, 6.07) is 0. The van der Waals surface area contributed by atoms with E-state index < -0.39 is 5.97 Å². The molecule has 0 aliphatic heterocycles. The van der Waals surface area contributed by atoms with Crippen molar-refractivity contribution in [3.63, 3.8) is 0 Å². The highest BCUT2D eigenvalue weighted by atomic mass is 16.4. The fraction of sp³-hybridized carbons (Fsp3) is 0.960. The van der Waals surface area contributed by atoms with E-state index in [1.165, 1.54) is 25.7 Å². The number of aliphatic hydroxyl groups excluding tert-OH is 2. The van der Waals surface area contributed by atoms with Crippen molar-refractivity contribution >= 4 is 5.97 Å². The molecule has 29 heavy (non-hydrogen) atoms. The zero-order valence-corrected chi connectivity index (χ0v) is 18.4. The van der Waals surface area contributed by atoms with Crippen molar-refractivity contribution in [2.45, 2.75) is 90.8 Å². The predicted molar refractivity (Wildman–Crippen MR) is 111 cm³/mol. The molecule has 5 saturated carbocycles. The second-order valence-corrected chi connectivity index (χ2v) is 12.2. The summed E-state index contributed by atoms with van der Waals surface area (Å²) >= 11 is 0. The van der Waals surface area contributed by atoms with E-state index in [0.717, 1.165) is 32.1 Å². The molecule has 5 rings (SSSR count). The van der Waals surface area contributed by atoms with Crippen LogP contribution < -0.4 is 0 Å². The second kappa shape index (κ2) is 6.69. The molecule has 12 atom stereocenters. The van der Waals surface area contributed by atoms with E-state index in [9.17, 15) is 20.1 Å². The summed E-state index contributed by atoms with van der Waals surface area (Å²) in [7, 11) is 0. The van der Waals surface area contributed by atoms with E-state index in [1.807, 2.05) is 0 Å². The largest absolute Gasteiger partial charge is 0.481 e. The number of fused-ring (bicyclic) bond motifs is 5. The van der Waals surface area contributed by atoms with Gasteiger partial charge in [0.2, 0.25) is 0 Å². The third-order valence-corrected chi connectivity index (χ3v) is 11.2. The molecule has 5 fully saturated rings. The molecule has 0 bridgehead atoms. The lowest BCUT2D eigenvalue weighted by Gasteiger charge is -2.62. The zero-order chi connectivity index (χ0) is 20.7. The van der Waals surface area contributed by atoms with E-state index in [1.54, 1.807) is 0 Å². The third-order valence-electron chi connectivity index (χ3n) is 11.2. The highest BCUT2D eigenvalue weighted by Crippen LogP contribution is 2.69. The molecule has 5 unspecified atom stereocenters. The Bertz CT molecular complexity index is 678. The van der Waals surface area contributed by atoms with Gasteiger partial charge < -0.3 is 15.3 Å². The van der Waals surface area contributed by atoms with Crippen molar-refractivity contribution in [2.24, 2.45) is 58.2 Å². The average Bonchev–Trinajstić information content (AvgIpc) is 3.39. The van der Waals surface area contributed by atoms with Gasteiger partial charge in [0, 0.05) is 0 Å². The molecular weight excluding hydrogens is 364 g/mol. The molecule has 0 aromatic heterocycles. The Balaban J connectivity index is 1.39.